The van der Waals surface area contributed by atoms with Crippen LogP contribution in [0.25, 0.3) is 0 Å². The summed E-state index contributed by atoms with van der Waals surface area (Å²) in [5.74, 6) is -0.0141. The number of Topliss-reactive ketones (excluding diaryl/α,β-unsaturated/α-hetero) is 1. The Morgan fingerprint density at radius 3 is 2.42 bits per heavy atom. The number of ketones is 1. The Kier molecular flexibility index (Phi) is 6.90. The van der Waals surface area contributed by atoms with Gasteiger partial charge in [-0.2, -0.15) is 0 Å². The summed E-state index contributed by atoms with van der Waals surface area (Å²) < 4.78 is 9.83. The summed E-state index contributed by atoms with van der Waals surface area (Å²) in [6.07, 6.45) is 0.267. The molecular weight excluding hydrogens is 200 g/mol. The molecule has 0 aromatic heterocycles. The van der Waals surface area contributed by atoms with E-state index in [0.29, 0.717) is 0 Å². The molecule has 0 rings (SSSR count). The molecule has 0 fully saturated rings. The zero-order valence-electron chi connectivity index (χ0n) is 7.33. The van der Waals surface area contributed by atoms with Crippen molar-refractivity contribution in [3.05, 3.63) is 0 Å². The Hall–Kier alpha value is 0.270. The minimum absolute atomic E-state index is 0.0141. The van der Waals surface area contributed by atoms with Crippen molar-refractivity contribution in [3.63, 3.8) is 0 Å². The van der Waals surface area contributed by atoms with Gasteiger partial charge in [0.2, 0.25) is 0 Å². The Morgan fingerprint density at radius 1 is 1.58 bits per heavy atom. The van der Waals surface area contributed by atoms with Crippen LogP contribution >= 0.6 is 20.2 Å². The highest BCUT2D eigenvalue weighted by Crippen LogP contribution is 2.35. The van der Waals surface area contributed by atoms with Gasteiger partial charge in [0.15, 0.2) is 14.2 Å². The maximum atomic E-state index is 11.2. The zero-order chi connectivity index (χ0) is 9.56. The molecular formula is C6H13ClNO3P. The van der Waals surface area contributed by atoms with Crippen molar-refractivity contribution < 1.29 is 13.8 Å². The van der Waals surface area contributed by atoms with Crippen LogP contribution in [0.2, 0.25) is 0 Å². The van der Waals surface area contributed by atoms with Crippen LogP contribution in [0.4, 0.5) is 0 Å². The van der Waals surface area contributed by atoms with E-state index in [2.05, 4.69) is 4.84 Å². The fourth-order valence-electron chi connectivity index (χ4n) is 0.529. The Morgan fingerprint density at radius 2 is 2.08 bits per heavy atom. The van der Waals surface area contributed by atoms with E-state index in [1.165, 1.54) is 14.2 Å². The summed E-state index contributed by atoms with van der Waals surface area (Å²) in [6.45, 7) is 1.69. The molecule has 0 bridgehead atoms. The van der Waals surface area contributed by atoms with E-state index in [1.54, 1.807) is 6.92 Å². The first kappa shape index (κ1) is 12.3. The second kappa shape index (κ2) is 6.75. The largest absolute Gasteiger partial charge is 0.337 e. The van der Waals surface area contributed by atoms with Gasteiger partial charge in [0, 0.05) is 14.2 Å². The van der Waals surface area contributed by atoms with Crippen LogP contribution in [0.3, 0.4) is 0 Å². The fraction of sp³-hybridized carbons (Fsp3) is 0.833. The second-order valence-corrected chi connectivity index (χ2v) is 4.08. The summed E-state index contributed by atoms with van der Waals surface area (Å²) >= 11 is 5.27. The van der Waals surface area contributed by atoms with E-state index in [0.717, 1.165) is 0 Å². The first-order valence-electron chi connectivity index (χ1n) is 3.40. The molecule has 0 saturated carbocycles. The van der Waals surface area contributed by atoms with Gasteiger partial charge in [0.25, 0.3) is 0 Å². The van der Waals surface area contributed by atoms with Gasteiger partial charge in [-0.05, 0) is 18.7 Å². The van der Waals surface area contributed by atoms with E-state index < -0.39 is 8.38 Å². The van der Waals surface area contributed by atoms with Crippen LogP contribution in [0.15, 0.2) is 0 Å². The Balaban J connectivity index is 3.81. The van der Waals surface area contributed by atoms with Crippen molar-refractivity contribution in [2.45, 2.75) is 13.0 Å². The molecule has 0 unspecified atom stereocenters. The minimum atomic E-state index is -1.08. The highest BCUT2D eigenvalue weighted by atomic mass is 35.5. The van der Waals surface area contributed by atoms with Gasteiger partial charge in [-0.1, -0.05) is 0 Å². The molecule has 0 amide bonds. The standard InChI is InChI=1S/C6H13ClNO3P/c1-5(8-7)6(9)4-12(10-2)11-3/h5,8H,4H2,1-3H3/t5-/m0/s1. The SMILES string of the molecule is COP(CC(=O)[C@H](C)NCl)OC. The topological polar surface area (TPSA) is 47.6 Å². The molecule has 1 atom stereocenters. The van der Waals surface area contributed by atoms with E-state index in [1.807, 2.05) is 0 Å². The van der Waals surface area contributed by atoms with Crippen LogP contribution in [0, 0.1) is 0 Å². The van der Waals surface area contributed by atoms with E-state index in [9.17, 15) is 4.79 Å². The van der Waals surface area contributed by atoms with Crippen molar-refractivity contribution >= 4 is 25.9 Å². The number of carbonyl (C=O) groups excluding carboxylic acids is 1. The first-order valence-corrected chi connectivity index (χ1v) is 5.14. The van der Waals surface area contributed by atoms with Crippen molar-refractivity contribution in [1.82, 2.24) is 4.84 Å². The molecule has 0 aliphatic rings. The van der Waals surface area contributed by atoms with Gasteiger partial charge in [0.05, 0.1) is 12.2 Å². The number of halogens is 1. The van der Waals surface area contributed by atoms with Gasteiger partial charge in [-0.3, -0.25) is 4.79 Å². The predicted octanol–water partition coefficient (Wildman–Crippen LogP) is 1.29. The van der Waals surface area contributed by atoms with Crippen LogP contribution < -0.4 is 4.84 Å². The maximum Gasteiger partial charge on any atom is 0.177 e. The molecule has 72 valence electrons. The number of carbonyl (C=O) groups is 1. The number of hydrogen-bond donors (Lipinski definition) is 1. The number of nitrogens with one attached hydrogen (secondary N) is 1. The lowest BCUT2D eigenvalue weighted by Crippen LogP contribution is -2.29. The third-order valence-corrected chi connectivity index (χ3v) is 3.05. The van der Waals surface area contributed by atoms with Crippen molar-refractivity contribution in [2.75, 3.05) is 20.4 Å². The zero-order valence-corrected chi connectivity index (χ0v) is 8.98. The molecule has 0 radical (unpaired) electrons. The summed E-state index contributed by atoms with van der Waals surface area (Å²) in [7, 11) is 1.95. The highest BCUT2D eigenvalue weighted by Gasteiger charge is 2.17. The quantitative estimate of drug-likeness (QED) is 0.534. The summed E-state index contributed by atoms with van der Waals surface area (Å²) in [5, 5.41) is 0. The van der Waals surface area contributed by atoms with Gasteiger partial charge in [-0.15, -0.1) is 0 Å². The molecule has 0 saturated heterocycles. The molecule has 0 aliphatic heterocycles. The molecule has 0 aliphatic carbocycles. The number of hydrogen-bond acceptors (Lipinski definition) is 4. The lowest BCUT2D eigenvalue weighted by atomic mass is 10.3. The van der Waals surface area contributed by atoms with Gasteiger partial charge in [0.1, 0.15) is 0 Å². The summed E-state index contributed by atoms with van der Waals surface area (Å²) in [4.78, 5) is 13.6. The van der Waals surface area contributed by atoms with E-state index in [4.69, 9.17) is 20.8 Å². The lowest BCUT2D eigenvalue weighted by Gasteiger charge is -2.13. The Labute approximate surface area is 78.6 Å². The third kappa shape index (κ3) is 4.33. The average Bonchev–Trinajstić information content (AvgIpc) is 2.12. The second-order valence-electron chi connectivity index (χ2n) is 2.15. The summed E-state index contributed by atoms with van der Waals surface area (Å²) in [5.41, 5.74) is 0. The van der Waals surface area contributed by atoms with E-state index in [-0.39, 0.29) is 18.0 Å². The van der Waals surface area contributed by atoms with Crippen molar-refractivity contribution in [1.29, 1.82) is 0 Å². The normalized spacial score (nSPS) is 13.4. The van der Waals surface area contributed by atoms with Gasteiger partial charge < -0.3 is 9.05 Å². The van der Waals surface area contributed by atoms with Crippen molar-refractivity contribution in [2.24, 2.45) is 0 Å². The molecule has 4 nitrogen and oxygen atoms in total. The molecule has 6 heteroatoms. The van der Waals surface area contributed by atoms with Crippen LogP contribution in [0.1, 0.15) is 6.92 Å². The molecule has 1 N–H and O–H groups in total. The molecule has 0 spiro atoms. The lowest BCUT2D eigenvalue weighted by molar-refractivity contribution is -0.118. The van der Waals surface area contributed by atoms with Crippen LogP contribution in [-0.2, 0) is 13.8 Å². The smallest absolute Gasteiger partial charge is 0.177 e. The van der Waals surface area contributed by atoms with Crippen LogP contribution in [-0.4, -0.2) is 32.2 Å². The van der Waals surface area contributed by atoms with E-state index >= 15 is 0 Å². The van der Waals surface area contributed by atoms with Crippen molar-refractivity contribution in [3.8, 4) is 0 Å². The monoisotopic (exact) mass is 213 g/mol. The maximum absolute atomic E-state index is 11.2. The van der Waals surface area contributed by atoms with Crippen LogP contribution in [0.5, 0.6) is 0 Å². The molecule has 12 heavy (non-hydrogen) atoms. The predicted molar refractivity (Wildman–Crippen MR) is 49.3 cm³/mol. The number of rotatable bonds is 6. The van der Waals surface area contributed by atoms with Gasteiger partial charge in [-0.25, -0.2) is 4.84 Å². The first-order chi connectivity index (χ1) is 5.65. The fourth-order valence-corrected chi connectivity index (χ4v) is 1.59. The molecule has 0 heterocycles. The van der Waals surface area contributed by atoms with Gasteiger partial charge >= 0.3 is 0 Å². The average molecular weight is 214 g/mol. The molecule has 0 aromatic carbocycles. The highest BCUT2D eigenvalue weighted by molar-refractivity contribution is 7.48. The summed E-state index contributed by atoms with van der Waals surface area (Å²) in [6, 6.07) is -0.359. The molecule has 0 aromatic rings. The third-order valence-electron chi connectivity index (χ3n) is 1.34. The minimum Gasteiger partial charge on any atom is -0.337 e. The Bertz CT molecular complexity index is 143.